The van der Waals surface area contributed by atoms with Crippen LogP contribution in [0, 0.1) is 6.92 Å². The number of rotatable bonds is 4. The average molecular weight is 364 g/mol. The van der Waals surface area contributed by atoms with Crippen molar-refractivity contribution < 1.29 is 18.0 Å². The Morgan fingerprint density at radius 2 is 2.08 bits per heavy atom. The van der Waals surface area contributed by atoms with Crippen LogP contribution in [0.2, 0.25) is 5.02 Å². The van der Waals surface area contributed by atoms with Crippen molar-refractivity contribution in [2.45, 2.75) is 32.6 Å². The molecule has 6 nitrogen and oxygen atoms in total. The van der Waals surface area contributed by atoms with Gasteiger partial charge in [-0.05, 0) is 19.9 Å². The van der Waals surface area contributed by atoms with E-state index in [1.807, 2.05) is 0 Å². The molecule has 0 aliphatic heterocycles. The van der Waals surface area contributed by atoms with Gasteiger partial charge in [0.2, 0.25) is 5.91 Å². The van der Waals surface area contributed by atoms with Gasteiger partial charge in [0.1, 0.15) is 6.04 Å². The molecule has 2 aromatic heterocycles. The zero-order chi connectivity index (χ0) is 18.2. The predicted octanol–water partition coefficient (Wildman–Crippen LogP) is 2.82. The van der Waals surface area contributed by atoms with Crippen molar-refractivity contribution in [1.82, 2.24) is 24.5 Å². The summed E-state index contributed by atoms with van der Waals surface area (Å²) in [5.74, 6) is -0.382. The van der Waals surface area contributed by atoms with Gasteiger partial charge >= 0.3 is 6.18 Å². The van der Waals surface area contributed by atoms with Crippen molar-refractivity contribution in [2.24, 2.45) is 7.05 Å². The van der Waals surface area contributed by atoms with Crippen molar-refractivity contribution >= 4 is 17.5 Å². The van der Waals surface area contributed by atoms with Gasteiger partial charge in [-0.2, -0.15) is 23.4 Å². The van der Waals surface area contributed by atoms with Gasteiger partial charge < -0.3 is 4.90 Å². The second-order valence-electron chi connectivity index (χ2n) is 5.51. The summed E-state index contributed by atoms with van der Waals surface area (Å²) in [7, 11) is 3.31. The number of amides is 1. The highest BCUT2D eigenvalue weighted by Gasteiger charge is 2.39. The van der Waals surface area contributed by atoms with Crippen LogP contribution in [0.4, 0.5) is 13.2 Å². The maximum atomic E-state index is 12.9. The highest BCUT2D eigenvalue weighted by molar-refractivity contribution is 6.32. The van der Waals surface area contributed by atoms with Gasteiger partial charge in [-0.1, -0.05) is 11.6 Å². The minimum atomic E-state index is -4.67. The Bertz CT molecular complexity index is 752. The summed E-state index contributed by atoms with van der Waals surface area (Å²) >= 11 is 5.72. The number of aromatic nitrogens is 4. The zero-order valence-electron chi connectivity index (χ0n) is 13.6. The Morgan fingerprint density at radius 3 is 2.54 bits per heavy atom. The Hall–Kier alpha value is -2.03. The van der Waals surface area contributed by atoms with E-state index in [1.54, 1.807) is 31.0 Å². The van der Waals surface area contributed by atoms with E-state index in [2.05, 4.69) is 10.2 Å². The molecule has 0 aliphatic rings. The molecule has 0 saturated heterocycles. The van der Waals surface area contributed by atoms with E-state index in [9.17, 15) is 18.0 Å². The first-order valence-electron chi connectivity index (χ1n) is 7.07. The summed E-state index contributed by atoms with van der Waals surface area (Å²) in [5, 5.41) is 7.01. The minimum Gasteiger partial charge on any atom is -0.338 e. The van der Waals surface area contributed by atoms with E-state index in [-0.39, 0.29) is 18.1 Å². The second kappa shape index (κ2) is 6.46. The maximum Gasteiger partial charge on any atom is 0.436 e. The van der Waals surface area contributed by atoms with Crippen LogP contribution in [-0.4, -0.2) is 37.4 Å². The monoisotopic (exact) mass is 363 g/mol. The number of hydrogen-bond donors (Lipinski definition) is 0. The van der Waals surface area contributed by atoms with Crippen LogP contribution in [0.25, 0.3) is 0 Å². The molecular formula is C14H17ClF3N5O. The summed E-state index contributed by atoms with van der Waals surface area (Å²) in [6.07, 6.45) is -3.07. The van der Waals surface area contributed by atoms with E-state index in [0.29, 0.717) is 0 Å². The number of aryl methyl sites for hydroxylation is 1. The number of hydrogen-bond acceptors (Lipinski definition) is 3. The number of carbonyl (C=O) groups excluding carboxylic acids is 1. The Balaban J connectivity index is 2.23. The van der Waals surface area contributed by atoms with Gasteiger partial charge in [-0.3, -0.25) is 14.2 Å². The molecule has 24 heavy (non-hydrogen) atoms. The number of nitrogens with zero attached hydrogens (tertiary/aromatic N) is 5. The van der Waals surface area contributed by atoms with Gasteiger partial charge in [0.25, 0.3) is 0 Å². The molecule has 0 bridgehead atoms. The molecule has 10 heteroatoms. The largest absolute Gasteiger partial charge is 0.436 e. The molecule has 0 spiro atoms. The standard InChI is InChI=1S/C14H17ClF3N5O/c1-8-11(15)12(14(16,17)18)20-23(8)9(2)13(24)21(3)7-10-5-6-19-22(10)4/h5-6,9H,7H2,1-4H3/t9-/m0/s1. The topological polar surface area (TPSA) is 56.0 Å². The van der Waals surface area contributed by atoms with Crippen molar-refractivity contribution in [3.8, 4) is 0 Å². The lowest BCUT2D eigenvalue weighted by Crippen LogP contribution is -2.34. The lowest BCUT2D eigenvalue weighted by Gasteiger charge is -2.22. The third-order valence-electron chi connectivity index (χ3n) is 3.77. The van der Waals surface area contributed by atoms with Crippen LogP contribution >= 0.6 is 11.6 Å². The third-order valence-corrected chi connectivity index (χ3v) is 4.22. The zero-order valence-corrected chi connectivity index (χ0v) is 14.4. The first kappa shape index (κ1) is 18.3. The highest BCUT2D eigenvalue weighted by atomic mass is 35.5. The quantitative estimate of drug-likeness (QED) is 0.839. The normalized spacial score (nSPS) is 13.2. The summed E-state index contributed by atoms with van der Waals surface area (Å²) in [6, 6.07) is 0.837. The molecule has 0 fully saturated rings. The molecule has 0 unspecified atom stereocenters. The Labute approximate surface area is 141 Å². The smallest absolute Gasteiger partial charge is 0.338 e. The van der Waals surface area contributed by atoms with E-state index in [4.69, 9.17) is 11.6 Å². The van der Waals surface area contributed by atoms with E-state index in [1.165, 1.54) is 18.7 Å². The van der Waals surface area contributed by atoms with E-state index >= 15 is 0 Å². The Morgan fingerprint density at radius 1 is 1.46 bits per heavy atom. The fraction of sp³-hybridized carbons (Fsp3) is 0.500. The van der Waals surface area contributed by atoms with Crippen LogP contribution in [0.3, 0.4) is 0 Å². The van der Waals surface area contributed by atoms with Crippen LogP contribution in [-0.2, 0) is 24.6 Å². The molecule has 1 atom stereocenters. The fourth-order valence-corrected chi connectivity index (χ4v) is 2.59. The van der Waals surface area contributed by atoms with E-state index in [0.717, 1.165) is 10.4 Å². The molecule has 0 radical (unpaired) electrons. The Kier molecular flexibility index (Phi) is 4.93. The van der Waals surface area contributed by atoms with Crippen molar-refractivity contribution in [1.29, 1.82) is 0 Å². The van der Waals surface area contributed by atoms with Crippen molar-refractivity contribution in [3.05, 3.63) is 34.4 Å². The van der Waals surface area contributed by atoms with Crippen LogP contribution in [0.15, 0.2) is 12.3 Å². The lowest BCUT2D eigenvalue weighted by molar-refractivity contribution is -0.142. The number of halogens is 4. The van der Waals surface area contributed by atoms with Gasteiger partial charge in [0.15, 0.2) is 5.69 Å². The number of alkyl halides is 3. The molecule has 0 aromatic carbocycles. The first-order chi connectivity index (χ1) is 11.0. The van der Waals surface area contributed by atoms with Crippen LogP contribution < -0.4 is 0 Å². The maximum absolute atomic E-state index is 12.9. The molecular weight excluding hydrogens is 347 g/mol. The van der Waals surface area contributed by atoms with Crippen LogP contribution in [0.1, 0.15) is 30.0 Å². The van der Waals surface area contributed by atoms with Gasteiger partial charge in [0.05, 0.1) is 23.0 Å². The van der Waals surface area contributed by atoms with Gasteiger partial charge in [0, 0.05) is 20.3 Å². The van der Waals surface area contributed by atoms with Crippen LogP contribution in [0.5, 0.6) is 0 Å². The molecule has 2 aromatic rings. The van der Waals surface area contributed by atoms with E-state index < -0.39 is 22.9 Å². The summed E-state index contributed by atoms with van der Waals surface area (Å²) < 4.78 is 41.3. The summed E-state index contributed by atoms with van der Waals surface area (Å²) in [5.41, 5.74) is -0.293. The SMILES string of the molecule is Cc1c(Cl)c(C(F)(F)F)nn1[C@@H](C)C(=O)N(C)Cc1ccnn1C. The second-order valence-corrected chi connectivity index (χ2v) is 5.88. The summed E-state index contributed by atoms with van der Waals surface area (Å²) in [4.78, 5) is 13.9. The van der Waals surface area contributed by atoms with Crippen molar-refractivity contribution in [2.75, 3.05) is 7.05 Å². The molecule has 1 amide bonds. The highest BCUT2D eigenvalue weighted by Crippen LogP contribution is 2.36. The average Bonchev–Trinajstić information content (AvgIpc) is 3.02. The molecule has 2 heterocycles. The third kappa shape index (κ3) is 3.40. The predicted molar refractivity (Wildman–Crippen MR) is 81.4 cm³/mol. The molecule has 0 N–H and O–H groups in total. The molecule has 132 valence electrons. The van der Waals surface area contributed by atoms with Gasteiger partial charge in [-0.25, -0.2) is 0 Å². The number of likely N-dealkylation sites (N-methyl/N-ethyl adjacent to an activating group) is 1. The minimum absolute atomic E-state index is 0.0961. The number of carbonyl (C=O) groups is 1. The molecule has 0 aliphatic carbocycles. The van der Waals surface area contributed by atoms with Crippen molar-refractivity contribution in [3.63, 3.8) is 0 Å². The summed E-state index contributed by atoms with van der Waals surface area (Å²) in [6.45, 7) is 3.16. The molecule has 2 rings (SSSR count). The first-order valence-corrected chi connectivity index (χ1v) is 7.45. The van der Waals surface area contributed by atoms with Gasteiger partial charge in [-0.15, -0.1) is 0 Å². The lowest BCUT2D eigenvalue weighted by atomic mass is 10.2. The molecule has 0 saturated carbocycles. The fourth-order valence-electron chi connectivity index (χ4n) is 2.36.